The maximum atomic E-state index is 13.0. The quantitative estimate of drug-likeness (QED) is 0.253. The molecular formula is C26H22N2O9. The summed E-state index contributed by atoms with van der Waals surface area (Å²) in [6, 6.07) is 13.5. The number of benzene rings is 2. The summed E-state index contributed by atoms with van der Waals surface area (Å²) >= 11 is 0. The third-order valence-corrected chi connectivity index (χ3v) is 5.44. The predicted molar refractivity (Wildman–Crippen MR) is 128 cm³/mol. The number of hydrogen-bond donors (Lipinski definition) is 2. The van der Waals surface area contributed by atoms with E-state index in [4.69, 9.17) is 19.0 Å². The molecule has 190 valence electrons. The minimum atomic E-state index is -1.03. The second-order valence-corrected chi connectivity index (χ2v) is 7.81. The molecule has 0 aliphatic carbocycles. The number of rotatable bonds is 9. The van der Waals surface area contributed by atoms with Crippen LogP contribution in [0.5, 0.6) is 11.5 Å². The molecule has 2 heterocycles. The number of para-hydroxylation sites is 1. The van der Waals surface area contributed by atoms with Crippen molar-refractivity contribution in [1.82, 2.24) is 10.2 Å². The number of carboxylic acids is 1. The summed E-state index contributed by atoms with van der Waals surface area (Å²) in [5.41, 5.74) is 1.35. The molecule has 11 nitrogen and oxygen atoms in total. The molecule has 2 aromatic carbocycles. The summed E-state index contributed by atoms with van der Waals surface area (Å²) in [5, 5.41) is 11.6. The van der Waals surface area contributed by atoms with Crippen molar-refractivity contribution in [3.63, 3.8) is 0 Å². The highest BCUT2D eigenvalue weighted by atomic mass is 16.5. The third kappa shape index (κ3) is 5.45. The Morgan fingerprint density at radius 2 is 1.81 bits per heavy atom. The van der Waals surface area contributed by atoms with E-state index in [1.165, 1.54) is 44.6 Å². The number of urea groups is 1. The Hall–Kier alpha value is -5.06. The Bertz CT molecular complexity index is 1390. The first-order chi connectivity index (χ1) is 17.8. The number of esters is 1. The molecule has 1 aromatic heterocycles. The van der Waals surface area contributed by atoms with Gasteiger partial charge in [0.2, 0.25) is 5.76 Å². The molecule has 0 radical (unpaired) electrons. The first kappa shape index (κ1) is 25.0. The summed E-state index contributed by atoms with van der Waals surface area (Å²) in [4.78, 5) is 49.1. The number of amides is 3. The number of ether oxygens (including phenoxy) is 3. The molecule has 4 rings (SSSR count). The lowest BCUT2D eigenvalue weighted by atomic mass is 10.1. The van der Waals surface area contributed by atoms with Gasteiger partial charge in [0.05, 0.1) is 26.3 Å². The molecular weight excluding hydrogens is 484 g/mol. The second kappa shape index (κ2) is 10.7. The van der Waals surface area contributed by atoms with Crippen LogP contribution in [0.3, 0.4) is 0 Å². The third-order valence-electron chi connectivity index (χ3n) is 5.44. The number of nitrogens with zero attached hydrogens (tertiary/aromatic N) is 1. The molecule has 0 bridgehead atoms. The highest BCUT2D eigenvalue weighted by Crippen LogP contribution is 2.34. The molecule has 1 fully saturated rings. The Labute approximate surface area is 210 Å². The standard InChI is InChI=1S/C26H22N2O9/c1-34-20-5-3-4-17(22(20)36-14-15-6-8-16(9-7-15)24(30)31)12-19-23(29)28(26(33)27-19)13-18-10-11-21(37-18)25(32)35-2/h3-12H,13-14H2,1-2H3,(H,27,33)(H,30,31)/b19-12+. The zero-order chi connectivity index (χ0) is 26.5. The molecule has 37 heavy (non-hydrogen) atoms. The summed E-state index contributed by atoms with van der Waals surface area (Å²) < 4.78 is 21.3. The Morgan fingerprint density at radius 3 is 2.49 bits per heavy atom. The number of carbonyl (C=O) groups excluding carboxylic acids is 3. The van der Waals surface area contributed by atoms with E-state index in [-0.39, 0.29) is 35.9 Å². The van der Waals surface area contributed by atoms with Crippen LogP contribution in [-0.2, 0) is 22.7 Å². The molecule has 0 spiro atoms. The number of nitrogens with one attached hydrogen (secondary N) is 1. The van der Waals surface area contributed by atoms with Crippen molar-refractivity contribution in [3.05, 3.63) is 88.5 Å². The van der Waals surface area contributed by atoms with Crippen LogP contribution >= 0.6 is 0 Å². The van der Waals surface area contributed by atoms with Gasteiger partial charge in [0.1, 0.15) is 18.1 Å². The van der Waals surface area contributed by atoms with E-state index in [1.807, 2.05) is 0 Å². The Kier molecular flexibility index (Phi) is 7.23. The van der Waals surface area contributed by atoms with Crippen molar-refractivity contribution in [2.45, 2.75) is 13.2 Å². The van der Waals surface area contributed by atoms with Gasteiger partial charge in [-0.1, -0.05) is 24.3 Å². The molecule has 1 aliphatic heterocycles. The van der Waals surface area contributed by atoms with Gasteiger partial charge in [-0.25, -0.2) is 14.4 Å². The number of methoxy groups -OCH3 is 2. The minimum Gasteiger partial charge on any atom is -0.493 e. The van der Waals surface area contributed by atoms with Crippen LogP contribution in [-0.4, -0.2) is 48.1 Å². The summed E-state index contributed by atoms with van der Waals surface area (Å²) in [5.74, 6) is -1.39. The zero-order valence-electron chi connectivity index (χ0n) is 19.8. The van der Waals surface area contributed by atoms with Crippen molar-refractivity contribution >= 4 is 30.0 Å². The van der Waals surface area contributed by atoms with Gasteiger partial charge < -0.3 is 29.1 Å². The van der Waals surface area contributed by atoms with E-state index >= 15 is 0 Å². The van der Waals surface area contributed by atoms with Crippen molar-refractivity contribution < 1.29 is 42.9 Å². The van der Waals surface area contributed by atoms with Crippen LogP contribution in [0, 0.1) is 0 Å². The molecule has 3 amide bonds. The monoisotopic (exact) mass is 506 g/mol. The fourth-order valence-electron chi connectivity index (χ4n) is 3.56. The lowest BCUT2D eigenvalue weighted by Gasteiger charge is -2.14. The smallest absolute Gasteiger partial charge is 0.373 e. The average molecular weight is 506 g/mol. The summed E-state index contributed by atoms with van der Waals surface area (Å²) in [6.07, 6.45) is 1.47. The van der Waals surface area contributed by atoms with Gasteiger partial charge in [-0.2, -0.15) is 0 Å². The summed E-state index contributed by atoms with van der Waals surface area (Å²) in [6.45, 7) is -0.0866. The van der Waals surface area contributed by atoms with Gasteiger partial charge in [0, 0.05) is 5.56 Å². The van der Waals surface area contributed by atoms with Crippen LogP contribution in [0.1, 0.15) is 37.8 Å². The minimum absolute atomic E-state index is 0.00802. The number of imide groups is 1. The molecule has 0 atom stereocenters. The van der Waals surface area contributed by atoms with Gasteiger partial charge in [-0.3, -0.25) is 9.69 Å². The predicted octanol–water partition coefficient (Wildman–Crippen LogP) is 3.44. The highest BCUT2D eigenvalue weighted by molar-refractivity contribution is 6.14. The SMILES string of the molecule is COC(=O)c1ccc(CN2C(=O)N/C(=C/c3cccc(OC)c3OCc3ccc(C(=O)O)cc3)C2=O)o1. The number of carbonyl (C=O) groups is 4. The van der Waals surface area contributed by atoms with Crippen LogP contribution in [0.2, 0.25) is 0 Å². The first-order valence-electron chi connectivity index (χ1n) is 10.9. The van der Waals surface area contributed by atoms with Crippen molar-refractivity contribution in [2.24, 2.45) is 0 Å². The van der Waals surface area contributed by atoms with E-state index in [0.717, 1.165) is 10.5 Å². The van der Waals surface area contributed by atoms with Crippen LogP contribution in [0.25, 0.3) is 6.08 Å². The van der Waals surface area contributed by atoms with E-state index in [1.54, 1.807) is 30.3 Å². The topological polar surface area (TPSA) is 145 Å². The zero-order valence-corrected chi connectivity index (χ0v) is 19.8. The van der Waals surface area contributed by atoms with Crippen LogP contribution in [0.4, 0.5) is 4.79 Å². The maximum absolute atomic E-state index is 13.0. The Balaban J connectivity index is 1.54. The molecule has 3 aromatic rings. The van der Waals surface area contributed by atoms with Gasteiger partial charge in [0.25, 0.3) is 5.91 Å². The van der Waals surface area contributed by atoms with Crippen molar-refractivity contribution in [3.8, 4) is 11.5 Å². The van der Waals surface area contributed by atoms with E-state index in [9.17, 15) is 19.2 Å². The lowest BCUT2D eigenvalue weighted by molar-refractivity contribution is -0.123. The van der Waals surface area contributed by atoms with Gasteiger partial charge in [-0.15, -0.1) is 0 Å². The fourth-order valence-corrected chi connectivity index (χ4v) is 3.56. The van der Waals surface area contributed by atoms with Gasteiger partial charge in [0.15, 0.2) is 11.5 Å². The fraction of sp³-hybridized carbons (Fsp3) is 0.154. The number of furan rings is 1. The molecule has 0 saturated carbocycles. The number of aromatic carboxylic acids is 1. The van der Waals surface area contributed by atoms with E-state index in [2.05, 4.69) is 10.1 Å². The van der Waals surface area contributed by atoms with Crippen molar-refractivity contribution in [2.75, 3.05) is 14.2 Å². The normalized spacial score (nSPS) is 14.0. The first-order valence-corrected chi connectivity index (χ1v) is 10.9. The molecule has 11 heteroatoms. The largest absolute Gasteiger partial charge is 0.493 e. The van der Waals surface area contributed by atoms with Crippen LogP contribution < -0.4 is 14.8 Å². The lowest BCUT2D eigenvalue weighted by Crippen LogP contribution is -2.30. The average Bonchev–Trinajstić information content (AvgIpc) is 3.48. The van der Waals surface area contributed by atoms with Gasteiger partial charge >= 0.3 is 18.0 Å². The van der Waals surface area contributed by atoms with Gasteiger partial charge in [-0.05, 0) is 42.0 Å². The molecule has 0 unspecified atom stereocenters. The second-order valence-electron chi connectivity index (χ2n) is 7.81. The maximum Gasteiger partial charge on any atom is 0.373 e. The van der Waals surface area contributed by atoms with E-state index in [0.29, 0.717) is 17.1 Å². The van der Waals surface area contributed by atoms with Crippen molar-refractivity contribution in [1.29, 1.82) is 0 Å². The molecule has 2 N–H and O–H groups in total. The number of hydrogen-bond acceptors (Lipinski definition) is 8. The Morgan fingerprint density at radius 1 is 1.05 bits per heavy atom. The van der Waals surface area contributed by atoms with E-state index < -0.39 is 23.9 Å². The molecule has 1 aliphatic rings. The number of carboxylic acid groups (broad SMARTS) is 1. The summed E-state index contributed by atoms with van der Waals surface area (Å²) in [7, 11) is 2.68. The highest BCUT2D eigenvalue weighted by Gasteiger charge is 2.34. The molecule has 1 saturated heterocycles. The van der Waals surface area contributed by atoms with Crippen LogP contribution in [0.15, 0.2) is 64.7 Å².